The quantitative estimate of drug-likeness (QED) is 0.830. The van der Waals surface area contributed by atoms with Gasteiger partial charge in [0.2, 0.25) is 0 Å². The predicted octanol–water partition coefficient (Wildman–Crippen LogP) is 3.28. The van der Waals surface area contributed by atoms with E-state index < -0.39 is 6.09 Å². The van der Waals surface area contributed by atoms with Gasteiger partial charge in [-0.2, -0.15) is 0 Å². The fourth-order valence-corrected chi connectivity index (χ4v) is 2.70. The SMILES string of the molecule is CC1c2ccccc2-c2cccc(OC(N)=O)c21. The maximum absolute atomic E-state index is 10.9. The molecule has 1 unspecified atom stereocenters. The normalized spacial score (nSPS) is 15.9. The highest BCUT2D eigenvalue weighted by Crippen LogP contribution is 2.48. The van der Waals surface area contributed by atoms with E-state index in [9.17, 15) is 4.79 Å². The van der Waals surface area contributed by atoms with Gasteiger partial charge in [0.1, 0.15) is 5.75 Å². The molecule has 3 nitrogen and oxygen atoms in total. The molecule has 3 heteroatoms. The zero-order valence-corrected chi connectivity index (χ0v) is 10.0. The van der Waals surface area contributed by atoms with Gasteiger partial charge in [-0.05, 0) is 22.8 Å². The molecule has 18 heavy (non-hydrogen) atoms. The van der Waals surface area contributed by atoms with E-state index in [2.05, 4.69) is 19.1 Å². The number of amides is 1. The van der Waals surface area contributed by atoms with Gasteiger partial charge in [-0.25, -0.2) is 4.79 Å². The first-order valence-corrected chi connectivity index (χ1v) is 5.88. The van der Waals surface area contributed by atoms with Gasteiger partial charge < -0.3 is 10.5 Å². The molecule has 0 fully saturated rings. The molecule has 0 aromatic heterocycles. The smallest absolute Gasteiger partial charge is 0.409 e. The highest BCUT2D eigenvalue weighted by Gasteiger charge is 2.28. The number of hydrogen-bond acceptors (Lipinski definition) is 2. The van der Waals surface area contributed by atoms with Gasteiger partial charge in [0.05, 0.1) is 0 Å². The van der Waals surface area contributed by atoms with Crippen molar-refractivity contribution in [2.24, 2.45) is 5.73 Å². The molecule has 0 spiro atoms. The lowest BCUT2D eigenvalue weighted by Crippen LogP contribution is -2.17. The Bertz CT molecular complexity index is 634. The second kappa shape index (κ2) is 3.88. The van der Waals surface area contributed by atoms with E-state index in [0.29, 0.717) is 5.75 Å². The standard InChI is InChI=1S/C15H13NO2/c1-9-10-5-2-3-6-11(10)12-7-4-8-13(14(9)12)18-15(16)17/h2-9H,1H3,(H2,16,17). The van der Waals surface area contributed by atoms with E-state index >= 15 is 0 Å². The summed E-state index contributed by atoms with van der Waals surface area (Å²) in [6, 6.07) is 13.9. The van der Waals surface area contributed by atoms with Crippen LogP contribution in [0.2, 0.25) is 0 Å². The summed E-state index contributed by atoms with van der Waals surface area (Å²) in [5, 5.41) is 0. The molecule has 2 N–H and O–H groups in total. The third kappa shape index (κ3) is 1.48. The Morgan fingerprint density at radius 2 is 1.83 bits per heavy atom. The van der Waals surface area contributed by atoms with Gasteiger partial charge in [-0.1, -0.05) is 43.3 Å². The second-order valence-electron chi connectivity index (χ2n) is 4.45. The summed E-state index contributed by atoms with van der Waals surface area (Å²) < 4.78 is 5.10. The van der Waals surface area contributed by atoms with Gasteiger partial charge in [0, 0.05) is 11.5 Å². The Kier molecular flexibility index (Phi) is 2.33. The van der Waals surface area contributed by atoms with E-state index in [1.54, 1.807) is 6.07 Å². The molecule has 0 radical (unpaired) electrons. The van der Waals surface area contributed by atoms with E-state index in [1.165, 1.54) is 11.1 Å². The molecular weight excluding hydrogens is 226 g/mol. The Balaban J connectivity index is 2.21. The highest BCUT2D eigenvalue weighted by atomic mass is 16.5. The third-order valence-corrected chi connectivity index (χ3v) is 3.43. The lowest BCUT2D eigenvalue weighted by Gasteiger charge is -2.11. The van der Waals surface area contributed by atoms with E-state index in [4.69, 9.17) is 10.5 Å². The van der Waals surface area contributed by atoms with Crippen LogP contribution in [0.5, 0.6) is 5.75 Å². The third-order valence-electron chi connectivity index (χ3n) is 3.43. The van der Waals surface area contributed by atoms with Crippen LogP contribution in [0.3, 0.4) is 0 Å². The van der Waals surface area contributed by atoms with Crippen LogP contribution >= 0.6 is 0 Å². The lowest BCUT2D eigenvalue weighted by atomic mass is 9.99. The van der Waals surface area contributed by atoms with Gasteiger partial charge in [0.15, 0.2) is 0 Å². The molecular formula is C15H13NO2. The van der Waals surface area contributed by atoms with Gasteiger partial charge in [-0.3, -0.25) is 0 Å². The maximum Gasteiger partial charge on any atom is 0.409 e. The van der Waals surface area contributed by atoms with E-state index in [-0.39, 0.29) is 5.92 Å². The molecule has 2 aromatic rings. The number of hydrogen-bond donors (Lipinski definition) is 1. The minimum absolute atomic E-state index is 0.215. The number of nitrogens with two attached hydrogens (primary N) is 1. The summed E-state index contributed by atoms with van der Waals surface area (Å²) in [7, 11) is 0. The predicted molar refractivity (Wildman–Crippen MR) is 69.6 cm³/mol. The summed E-state index contributed by atoms with van der Waals surface area (Å²) >= 11 is 0. The van der Waals surface area contributed by atoms with Crippen LogP contribution in [-0.4, -0.2) is 6.09 Å². The Morgan fingerprint density at radius 1 is 1.11 bits per heavy atom. The van der Waals surface area contributed by atoms with Crippen LogP contribution in [0, 0.1) is 0 Å². The summed E-state index contributed by atoms with van der Waals surface area (Å²) in [5.74, 6) is 0.774. The molecule has 90 valence electrons. The largest absolute Gasteiger partial charge is 0.410 e. The topological polar surface area (TPSA) is 52.3 Å². The van der Waals surface area contributed by atoms with Crippen molar-refractivity contribution in [1.82, 2.24) is 0 Å². The minimum Gasteiger partial charge on any atom is -0.410 e. The van der Waals surface area contributed by atoms with Crippen LogP contribution in [0.25, 0.3) is 11.1 Å². The first-order chi connectivity index (χ1) is 8.68. The number of primary amides is 1. The molecule has 1 aliphatic carbocycles. The van der Waals surface area contributed by atoms with Crippen LogP contribution in [-0.2, 0) is 0 Å². The fraction of sp³-hybridized carbons (Fsp3) is 0.133. The Hall–Kier alpha value is -2.29. The van der Waals surface area contributed by atoms with Crippen molar-refractivity contribution in [2.45, 2.75) is 12.8 Å². The van der Waals surface area contributed by atoms with Crippen LogP contribution in [0.1, 0.15) is 24.0 Å². The molecule has 1 amide bonds. The van der Waals surface area contributed by atoms with Gasteiger partial charge >= 0.3 is 6.09 Å². The van der Waals surface area contributed by atoms with Crippen LogP contribution < -0.4 is 10.5 Å². The lowest BCUT2D eigenvalue weighted by molar-refractivity contribution is 0.210. The van der Waals surface area contributed by atoms with Gasteiger partial charge in [-0.15, -0.1) is 0 Å². The Morgan fingerprint density at radius 3 is 2.61 bits per heavy atom. The summed E-state index contributed by atoms with van der Waals surface area (Å²) in [6.07, 6.45) is -0.772. The molecule has 3 rings (SSSR count). The average Bonchev–Trinajstić information content (AvgIpc) is 2.65. The second-order valence-corrected chi connectivity index (χ2v) is 4.45. The zero-order valence-electron chi connectivity index (χ0n) is 10.0. The van der Waals surface area contributed by atoms with Gasteiger partial charge in [0.25, 0.3) is 0 Å². The molecule has 0 aliphatic heterocycles. The number of carbonyl (C=O) groups excluding carboxylic acids is 1. The van der Waals surface area contributed by atoms with Crippen molar-refractivity contribution in [2.75, 3.05) is 0 Å². The minimum atomic E-state index is -0.772. The van der Waals surface area contributed by atoms with Crippen molar-refractivity contribution >= 4 is 6.09 Å². The van der Waals surface area contributed by atoms with Crippen molar-refractivity contribution in [3.63, 3.8) is 0 Å². The number of fused-ring (bicyclic) bond motifs is 3. The number of ether oxygens (including phenoxy) is 1. The fourth-order valence-electron chi connectivity index (χ4n) is 2.70. The van der Waals surface area contributed by atoms with Crippen molar-refractivity contribution in [3.8, 4) is 16.9 Å². The maximum atomic E-state index is 10.9. The number of benzene rings is 2. The zero-order chi connectivity index (χ0) is 12.7. The highest BCUT2D eigenvalue weighted by molar-refractivity contribution is 5.82. The summed E-state index contributed by atoms with van der Waals surface area (Å²) in [6.45, 7) is 2.11. The first kappa shape index (κ1) is 10.8. The van der Waals surface area contributed by atoms with Crippen molar-refractivity contribution < 1.29 is 9.53 Å². The van der Waals surface area contributed by atoms with Crippen LogP contribution in [0.4, 0.5) is 4.79 Å². The number of rotatable bonds is 1. The van der Waals surface area contributed by atoms with E-state index in [0.717, 1.165) is 11.1 Å². The van der Waals surface area contributed by atoms with E-state index in [1.807, 2.05) is 24.3 Å². The summed E-state index contributed by atoms with van der Waals surface area (Å²) in [4.78, 5) is 10.9. The number of carbonyl (C=O) groups is 1. The summed E-state index contributed by atoms with van der Waals surface area (Å²) in [5.41, 5.74) is 9.73. The molecule has 0 heterocycles. The molecule has 0 saturated heterocycles. The molecule has 1 atom stereocenters. The van der Waals surface area contributed by atoms with Crippen molar-refractivity contribution in [1.29, 1.82) is 0 Å². The van der Waals surface area contributed by atoms with Crippen LogP contribution in [0.15, 0.2) is 42.5 Å². The molecule has 0 saturated carbocycles. The first-order valence-electron chi connectivity index (χ1n) is 5.88. The van der Waals surface area contributed by atoms with Crippen molar-refractivity contribution in [3.05, 3.63) is 53.6 Å². The molecule has 2 aromatic carbocycles. The Labute approximate surface area is 105 Å². The molecule has 0 bridgehead atoms. The monoisotopic (exact) mass is 239 g/mol. The average molecular weight is 239 g/mol. The molecule has 1 aliphatic rings.